The van der Waals surface area contributed by atoms with Crippen molar-refractivity contribution in [1.82, 2.24) is 29.8 Å². The summed E-state index contributed by atoms with van der Waals surface area (Å²) >= 11 is 0. The lowest BCUT2D eigenvalue weighted by molar-refractivity contribution is -0.110. The number of hydrogen-bond acceptors (Lipinski definition) is 7. The van der Waals surface area contributed by atoms with E-state index in [2.05, 4.69) is 27.5 Å². The number of imidazole rings is 1. The van der Waals surface area contributed by atoms with Crippen molar-refractivity contribution in [3.8, 4) is 22.5 Å². The van der Waals surface area contributed by atoms with Crippen molar-refractivity contribution in [2.24, 2.45) is 0 Å². The van der Waals surface area contributed by atoms with E-state index in [4.69, 9.17) is 9.47 Å². The van der Waals surface area contributed by atoms with Gasteiger partial charge < -0.3 is 9.47 Å². The number of tetrazole rings is 1. The number of hydrogen-bond donors (Lipinski definition) is 1. The standard InChI is InChI=1S/C29H36N6O4/c1-5-7-13-24-26(28(38-3)39-4)35(25(36)14-8-6-2)29(37)34(24)19-20-15-17-21(18-16-20)22-11-9-10-12-23(22)27-30-32-33-31-27/h9-12,15-18,28H,5-8,13-14,19H2,1-4H3,(H,30,31,32,33). The Kier molecular flexibility index (Phi) is 9.56. The quantitative estimate of drug-likeness (QED) is 0.241. The largest absolute Gasteiger partial charge is 0.350 e. The van der Waals surface area contributed by atoms with Gasteiger partial charge in [0.2, 0.25) is 18.0 Å². The summed E-state index contributed by atoms with van der Waals surface area (Å²) in [5.74, 6) is 0.287. The van der Waals surface area contributed by atoms with Gasteiger partial charge in [-0.2, -0.15) is 5.21 Å². The average molecular weight is 533 g/mol. The lowest BCUT2D eigenvalue weighted by atomic mass is 9.98. The summed E-state index contributed by atoms with van der Waals surface area (Å²) in [6.45, 7) is 4.44. The van der Waals surface area contributed by atoms with E-state index in [0.29, 0.717) is 30.9 Å². The molecule has 0 saturated heterocycles. The van der Waals surface area contributed by atoms with E-state index in [1.807, 2.05) is 55.5 Å². The number of aromatic amines is 1. The molecule has 4 aromatic rings. The molecule has 0 aliphatic rings. The minimum Gasteiger partial charge on any atom is -0.350 e. The first kappa shape index (κ1) is 28.1. The first-order valence-electron chi connectivity index (χ1n) is 13.4. The van der Waals surface area contributed by atoms with Crippen molar-refractivity contribution >= 4 is 5.91 Å². The fraction of sp³-hybridized carbons (Fsp3) is 0.414. The number of benzene rings is 2. The molecule has 4 rings (SSSR count). The van der Waals surface area contributed by atoms with Crippen LogP contribution in [0.3, 0.4) is 0 Å². The summed E-state index contributed by atoms with van der Waals surface area (Å²) in [6.07, 6.45) is 3.48. The Labute approximate surface area is 228 Å². The molecule has 0 fully saturated rings. The van der Waals surface area contributed by atoms with Crippen molar-refractivity contribution in [1.29, 1.82) is 0 Å². The van der Waals surface area contributed by atoms with E-state index in [1.54, 1.807) is 4.57 Å². The van der Waals surface area contributed by atoms with Crippen molar-refractivity contribution < 1.29 is 14.3 Å². The Hall–Kier alpha value is -3.89. The Bertz CT molecular complexity index is 1420. The lowest BCUT2D eigenvalue weighted by Gasteiger charge is -2.17. The molecule has 2 aromatic carbocycles. The van der Waals surface area contributed by atoms with Crippen LogP contribution in [0, 0.1) is 0 Å². The van der Waals surface area contributed by atoms with Crippen molar-refractivity contribution in [3.05, 3.63) is 76.0 Å². The number of unbranched alkanes of at least 4 members (excludes halogenated alkanes) is 2. The van der Waals surface area contributed by atoms with Gasteiger partial charge in [0.1, 0.15) is 5.69 Å². The molecule has 0 atom stereocenters. The van der Waals surface area contributed by atoms with Gasteiger partial charge in [0.25, 0.3) is 0 Å². The molecule has 10 heteroatoms. The Morgan fingerprint density at radius 1 is 0.974 bits per heavy atom. The molecule has 0 saturated carbocycles. The highest BCUT2D eigenvalue weighted by molar-refractivity contribution is 5.80. The van der Waals surface area contributed by atoms with Gasteiger partial charge in [-0.1, -0.05) is 75.2 Å². The van der Waals surface area contributed by atoms with Gasteiger partial charge in [-0.25, -0.2) is 9.36 Å². The van der Waals surface area contributed by atoms with Crippen LogP contribution in [0.5, 0.6) is 0 Å². The first-order valence-corrected chi connectivity index (χ1v) is 13.4. The maximum Gasteiger partial charge on any atom is 0.335 e. The predicted octanol–water partition coefficient (Wildman–Crippen LogP) is 5.01. The van der Waals surface area contributed by atoms with Gasteiger partial charge in [-0.3, -0.25) is 9.36 Å². The molecule has 0 radical (unpaired) electrons. The zero-order valence-corrected chi connectivity index (χ0v) is 23.0. The van der Waals surface area contributed by atoms with Crippen LogP contribution in [0.1, 0.15) is 74.0 Å². The van der Waals surface area contributed by atoms with E-state index >= 15 is 0 Å². The Balaban J connectivity index is 1.74. The highest BCUT2D eigenvalue weighted by Crippen LogP contribution is 2.30. The highest BCUT2D eigenvalue weighted by atomic mass is 16.7. The van der Waals surface area contributed by atoms with E-state index < -0.39 is 6.29 Å². The molecule has 206 valence electrons. The highest BCUT2D eigenvalue weighted by Gasteiger charge is 2.29. The number of H-pyrrole nitrogens is 1. The van der Waals surface area contributed by atoms with Crippen LogP contribution in [-0.4, -0.2) is 49.9 Å². The zero-order chi connectivity index (χ0) is 27.8. The molecule has 1 N–H and O–H groups in total. The summed E-state index contributed by atoms with van der Waals surface area (Å²) < 4.78 is 14.1. The Morgan fingerprint density at radius 2 is 1.67 bits per heavy atom. The van der Waals surface area contributed by atoms with Gasteiger partial charge in [0.05, 0.1) is 6.54 Å². The summed E-state index contributed by atoms with van der Waals surface area (Å²) in [7, 11) is 3.04. The van der Waals surface area contributed by atoms with Crippen LogP contribution in [0.25, 0.3) is 22.5 Å². The monoisotopic (exact) mass is 532 g/mol. The molecule has 2 heterocycles. The van der Waals surface area contributed by atoms with E-state index in [0.717, 1.165) is 47.2 Å². The molecule has 0 bridgehead atoms. The number of rotatable bonds is 13. The molecule has 0 aliphatic heterocycles. The van der Waals surface area contributed by atoms with Crippen molar-refractivity contribution in [2.45, 2.75) is 65.2 Å². The molecular weight excluding hydrogens is 496 g/mol. The summed E-state index contributed by atoms with van der Waals surface area (Å²) in [5, 5.41) is 14.4. The minimum atomic E-state index is -0.819. The zero-order valence-electron chi connectivity index (χ0n) is 23.0. The first-order chi connectivity index (χ1) is 19.0. The normalized spacial score (nSPS) is 11.4. The fourth-order valence-corrected chi connectivity index (χ4v) is 4.80. The third-order valence-corrected chi connectivity index (χ3v) is 6.82. The van der Waals surface area contributed by atoms with Gasteiger partial charge >= 0.3 is 5.69 Å². The second-order valence-corrected chi connectivity index (χ2v) is 9.42. The third-order valence-electron chi connectivity index (χ3n) is 6.82. The summed E-state index contributed by atoms with van der Waals surface area (Å²) in [4.78, 5) is 27.0. The number of aromatic nitrogens is 6. The molecule has 2 aromatic heterocycles. The summed E-state index contributed by atoms with van der Waals surface area (Å²) in [5.41, 5.74) is 4.68. The molecule has 0 amide bonds. The van der Waals surface area contributed by atoms with Crippen LogP contribution < -0.4 is 5.69 Å². The second kappa shape index (κ2) is 13.3. The van der Waals surface area contributed by atoms with Crippen LogP contribution >= 0.6 is 0 Å². The van der Waals surface area contributed by atoms with Crippen molar-refractivity contribution in [2.75, 3.05) is 14.2 Å². The molecular formula is C29H36N6O4. The van der Waals surface area contributed by atoms with Crippen LogP contribution in [0.4, 0.5) is 0 Å². The smallest absolute Gasteiger partial charge is 0.335 e. The number of ether oxygens (including phenoxy) is 2. The minimum absolute atomic E-state index is 0.235. The molecule has 0 aliphatic carbocycles. The number of nitrogens with one attached hydrogen (secondary N) is 1. The number of carbonyl (C=O) groups excluding carboxylic acids is 1. The topological polar surface area (TPSA) is 117 Å². The van der Waals surface area contributed by atoms with E-state index in [-0.39, 0.29) is 18.0 Å². The molecule has 39 heavy (non-hydrogen) atoms. The van der Waals surface area contributed by atoms with Crippen molar-refractivity contribution in [3.63, 3.8) is 0 Å². The fourth-order valence-electron chi connectivity index (χ4n) is 4.80. The second-order valence-electron chi connectivity index (χ2n) is 9.42. The van der Waals surface area contributed by atoms with E-state index in [9.17, 15) is 9.59 Å². The van der Waals surface area contributed by atoms with Gasteiger partial charge in [-0.05, 0) is 41.2 Å². The molecule has 0 spiro atoms. The maximum atomic E-state index is 13.8. The lowest BCUT2D eigenvalue weighted by Crippen LogP contribution is -2.31. The van der Waals surface area contributed by atoms with Crippen LogP contribution in [0.2, 0.25) is 0 Å². The van der Waals surface area contributed by atoms with Crippen LogP contribution in [0.15, 0.2) is 53.3 Å². The van der Waals surface area contributed by atoms with Gasteiger partial charge in [0.15, 0.2) is 0 Å². The molecule has 0 unspecified atom stereocenters. The molecule has 10 nitrogen and oxygen atoms in total. The average Bonchev–Trinajstić information content (AvgIpc) is 3.59. The SMILES string of the molecule is CCCCC(=O)n1c(C(OC)OC)c(CCCC)n(Cc2ccc(-c3ccccc3-c3nn[nH]n3)cc2)c1=O. The number of nitrogens with zero attached hydrogens (tertiary/aromatic N) is 5. The Morgan fingerprint density at radius 3 is 2.28 bits per heavy atom. The van der Waals surface area contributed by atoms with Crippen LogP contribution in [-0.2, 0) is 22.4 Å². The van der Waals surface area contributed by atoms with Gasteiger partial charge in [0, 0.05) is 31.9 Å². The third kappa shape index (κ3) is 6.07. The number of carbonyl (C=O) groups is 1. The predicted molar refractivity (Wildman–Crippen MR) is 148 cm³/mol. The maximum absolute atomic E-state index is 13.8. The van der Waals surface area contributed by atoms with E-state index in [1.165, 1.54) is 18.8 Å². The number of methoxy groups -OCH3 is 2. The summed E-state index contributed by atoms with van der Waals surface area (Å²) in [6, 6.07) is 15.9. The van der Waals surface area contributed by atoms with Gasteiger partial charge in [-0.15, -0.1) is 10.2 Å².